The summed E-state index contributed by atoms with van der Waals surface area (Å²) in [6.07, 6.45) is 1.28. The summed E-state index contributed by atoms with van der Waals surface area (Å²) in [4.78, 5) is 13.9. The van der Waals surface area contributed by atoms with Gasteiger partial charge in [0.15, 0.2) is 0 Å². The molecule has 1 heterocycles. The number of benzene rings is 1. The largest absolute Gasteiger partial charge is 0.495 e. The van der Waals surface area contributed by atoms with E-state index in [1.165, 1.54) is 0 Å². The molecule has 0 saturated carbocycles. The zero-order valence-corrected chi connectivity index (χ0v) is 13.0. The van der Waals surface area contributed by atoms with Crippen LogP contribution in [0.4, 0.5) is 11.4 Å². The van der Waals surface area contributed by atoms with E-state index in [1.807, 2.05) is 32.0 Å². The van der Waals surface area contributed by atoms with Gasteiger partial charge in [0.1, 0.15) is 11.9 Å². The number of nitrogen functional groups attached to an aromatic ring is 1. The van der Waals surface area contributed by atoms with E-state index < -0.39 is 0 Å². The standard InChI is InChI=1S/C16H24N2O3/c1-11(2)8-16(19)21-13-6-7-18(10-13)14-5-4-12(17)9-15(14)20-3/h4-5,9,11,13H,6-8,10,17H2,1-3H3. The molecule has 5 nitrogen and oxygen atoms in total. The number of ether oxygens (including phenoxy) is 2. The molecule has 2 N–H and O–H groups in total. The summed E-state index contributed by atoms with van der Waals surface area (Å²) in [6, 6.07) is 5.62. The topological polar surface area (TPSA) is 64.8 Å². The molecule has 0 bridgehead atoms. The van der Waals surface area contributed by atoms with Gasteiger partial charge in [-0.3, -0.25) is 4.79 Å². The van der Waals surface area contributed by atoms with Crippen molar-refractivity contribution in [1.82, 2.24) is 0 Å². The number of nitrogens with two attached hydrogens (primary N) is 1. The van der Waals surface area contributed by atoms with Gasteiger partial charge < -0.3 is 20.1 Å². The molecule has 2 rings (SSSR count). The van der Waals surface area contributed by atoms with Crippen LogP contribution in [0.3, 0.4) is 0 Å². The average molecular weight is 292 g/mol. The maximum Gasteiger partial charge on any atom is 0.306 e. The van der Waals surface area contributed by atoms with E-state index in [-0.39, 0.29) is 12.1 Å². The third kappa shape index (κ3) is 4.03. The Bertz CT molecular complexity index is 502. The lowest BCUT2D eigenvalue weighted by Gasteiger charge is -2.21. The monoisotopic (exact) mass is 292 g/mol. The molecule has 0 radical (unpaired) electrons. The number of hydrogen-bond acceptors (Lipinski definition) is 5. The van der Waals surface area contributed by atoms with Gasteiger partial charge in [-0.05, 0) is 18.1 Å². The van der Waals surface area contributed by atoms with Crippen molar-refractivity contribution in [3.05, 3.63) is 18.2 Å². The Morgan fingerprint density at radius 2 is 2.24 bits per heavy atom. The fraction of sp³-hybridized carbons (Fsp3) is 0.562. The van der Waals surface area contributed by atoms with E-state index in [0.717, 1.165) is 24.4 Å². The van der Waals surface area contributed by atoms with Gasteiger partial charge in [-0.1, -0.05) is 13.8 Å². The number of anilines is 2. The Morgan fingerprint density at radius 3 is 2.90 bits per heavy atom. The van der Waals surface area contributed by atoms with Crippen molar-refractivity contribution in [2.24, 2.45) is 5.92 Å². The van der Waals surface area contributed by atoms with Crippen LogP contribution in [0.25, 0.3) is 0 Å². The molecule has 1 unspecified atom stereocenters. The number of carbonyl (C=O) groups excluding carboxylic acids is 1. The predicted octanol–water partition coefficient (Wildman–Crippen LogP) is 2.45. The summed E-state index contributed by atoms with van der Waals surface area (Å²) >= 11 is 0. The normalized spacial score (nSPS) is 18.1. The third-order valence-corrected chi connectivity index (χ3v) is 3.56. The molecular weight excluding hydrogens is 268 g/mol. The Hall–Kier alpha value is -1.91. The average Bonchev–Trinajstić information content (AvgIpc) is 2.85. The van der Waals surface area contributed by atoms with Crippen molar-refractivity contribution in [3.63, 3.8) is 0 Å². The van der Waals surface area contributed by atoms with Crippen molar-refractivity contribution < 1.29 is 14.3 Å². The van der Waals surface area contributed by atoms with E-state index in [0.29, 0.717) is 24.6 Å². The van der Waals surface area contributed by atoms with Crippen molar-refractivity contribution in [2.75, 3.05) is 30.8 Å². The van der Waals surface area contributed by atoms with Gasteiger partial charge in [0.25, 0.3) is 0 Å². The molecule has 1 aliphatic rings. The first kappa shape index (κ1) is 15.5. The molecule has 1 aromatic carbocycles. The maximum atomic E-state index is 11.7. The number of esters is 1. The van der Waals surface area contributed by atoms with Gasteiger partial charge >= 0.3 is 5.97 Å². The summed E-state index contributed by atoms with van der Waals surface area (Å²) in [5, 5.41) is 0. The van der Waals surface area contributed by atoms with E-state index in [9.17, 15) is 4.79 Å². The van der Waals surface area contributed by atoms with Crippen LogP contribution in [0.15, 0.2) is 18.2 Å². The second-order valence-corrected chi connectivity index (χ2v) is 5.88. The molecule has 1 atom stereocenters. The molecule has 0 aromatic heterocycles. The Labute approximate surface area is 126 Å². The SMILES string of the molecule is COc1cc(N)ccc1N1CCC(OC(=O)CC(C)C)C1. The molecule has 1 aromatic rings. The van der Waals surface area contributed by atoms with E-state index in [4.69, 9.17) is 15.2 Å². The zero-order chi connectivity index (χ0) is 15.4. The fourth-order valence-corrected chi connectivity index (χ4v) is 2.57. The molecule has 0 amide bonds. The summed E-state index contributed by atoms with van der Waals surface area (Å²) in [7, 11) is 1.63. The Kier molecular flexibility index (Phi) is 4.94. The number of nitrogens with zero attached hydrogens (tertiary/aromatic N) is 1. The highest BCUT2D eigenvalue weighted by molar-refractivity contribution is 5.70. The molecule has 0 aliphatic carbocycles. The number of rotatable bonds is 5. The quantitative estimate of drug-likeness (QED) is 0.667. The highest BCUT2D eigenvalue weighted by Crippen LogP contribution is 2.33. The lowest BCUT2D eigenvalue weighted by Crippen LogP contribution is -2.25. The maximum absolute atomic E-state index is 11.7. The molecule has 1 fully saturated rings. The second kappa shape index (κ2) is 6.70. The van der Waals surface area contributed by atoms with Gasteiger partial charge in [-0.25, -0.2) is 0 Å². The first-order chi connectivity index (χ1) is 9.99. The Morgan fingerprint density at radius 1 is 1.48 bits per heavy atom. The van der Waals surface area contributed by atoms with Crippen molar-refractivity contribution in [3.8, 4) is 5.75 Å². The van der Waals surface area contributed by atoms with Crippen LogP contribution >= 0.6 is 0 Å². The summed E-state index contributed by atoms with van der Waals surface area (Å²) in [5.74, 6) is 0.970. The van der Waals surface area contributed by atoms with Crippen LogP contribution in [-0.4, -0.2) is 32.3 Å². The number of methoxy groups -OCH3 is 1. The van der Waals surface area contributed by atoms with Crippen molar-refractivity contribution >= 4 is 17.3 Å². The highest BCUT2D eigenvalue weighted by atomic mass is 16.5. The lowest BCUT2D eigenvalue weighted by molar-refractivity contribution is -0.148. The third-order valence-electron chi connectivity index (χ3n) is 3.56. The van der Waals surface area contributed by atoms with Crippen LogP contribution < -0.4 is 15.4 Å². The number of hydrogen-bond donors (Lipinski definition) is 1. The van der Waals surface area contributed by atoms with Gasteiger partial charge in [-0.15, -0.1) is 0 Å². The van der Waals surface area contributed by atoms with Crippen molar-refractivity contribution in [2.45, 2.75) is 32.8 Å². The van der Waals surface area contributed by atoms with E-state index in [2.05, 4.69) is 4.90 Å². The molecule has 0 spiro atoms. The first-order valence-electron chi connectivity index (χ1n) is 7.37. The Balaban J connectivity index is 1.98. The zero-order valence-electron chi connectivity index (χ0n) is 13.0. The minimum atomic E-state index is -0.110. The molecular formula is C16H24N2O3. The van der Waals surface area contributed by atoms with Crippen LogP contribution in [0.5, 0.6) is 5.75 Å². The molecule has 1 saturated heterocycles. The van der Waals surface area contributed by atoms with Gasteiger partial charge in [0, 0.05) is 31.1 Å². The van der Waals surface area contributed by atoms with Gasteiger partial charge in [0.05, 0.1) is 19.3 Å². The summed E-state index contributed by atoms with van der Waals surface area (Å²) in [6.45, 7) is 5.58. The highest BCUT2D eigenvalue weighted by Gasteiger charge is 2.27. The smallest absolute Gasteiger partial charge is 0.306 e. The van der Waals surface area contributed by atoms with Crippen LogP contribution in [0.1, 0.15) is 26.7 Å². The fourth-order valence-electron chi connectivity index (χ4n) is 2.57. The van der Waals surface area contributed by atoms with Crippen molar-refractivity contribution in [1.29, 1.82) is 0 Å². The van der Waals surface area contributed by atoms with Crippen LogP contribution in [0, 0.1) is 5.92 Å². The second-order valence-electron chi connectivity index (χ2n) is 5.88. The van der Waals surface area contributed by atoms with Gasteiger partial charge in [0.2, 0.25) is 0 Å². The minimum absolute atomic E-state index is 0.0430. The van der Waals surface area contributed by atoms with E-state index >= 15 is 0 Å². The van der Waals surface area contributed by atoms with Crippen LogP contribution in [0.2, 0.25) is 0 Å². The summed E-state index contributed by atoms with van der Waals surface area (Å²) < 4.78 is 10.9. The van der Waals surface area contributed by atoms with Crippen LogP contribution in [-0.2, 0) is 9.53 Å². The van der Waals surface area contributed by atoms with Gasteiger partial charge in [-0.2, -0.15) is 0 Å². The van der Waals surface area contributed by atoms with E-state index in [1.54, 1.807) is 7.11 Å². The summed E-state index contributed by atoms with van der Waals surface area (Å²) in [5.41, 5.74) is 7.44. The lowest BCUT2D eigenvalue weighted by atomic mass is 10.1. The first-order valence-corrected chi connectivity index (χ1v) is 7.37. The molecule has 5 heteroatoms. The molecule has 1 aliphatic heterocycles. The molecule has 116 valence electrons. The molecule has 21 heavy (non-hydrogen) atoms. The number of carbonyl (C=O) groups is 1. The predicted molar refractivity (Wildman–Crippen MR) is 83.6 cm³/mol. The minimum Gasteiger partial charge on any atom is -0.495 e.